The third-order valence-corrected chi connectivity index (χ3v) is 5.07. The Morgan fingerprint density at radius 3 is 2.58 bits per heavy atom. The van der Waals surface area contributed by atoms with Gasteiger partial charge in [0, 0.05) is 17.7 Å². The second kappa shape index (κ2) is 7.16. The van der Waals surface area contributed by atoms with Crippen molar-refractivity contribution in [3.05, 3.63) is 47.0 Å². The number of imidazole rings is 1. The van der Waals surface area contributed by atoms with Crippen LogP contribution in [0.15, 0.2) is 41.4 Å². The number of nitro benzene ring substituents is 1. The van der Waals surface area contributed by atoms with Crippen LogP contribution >= 0.6 is 0 Å². The number of aliphatic hydroxyl groups is 2. The van der Waals surface area contributed by atoms with Gasteiger partial charge in [-0.3, -0.25) is 14.7 Å². The molecule has 4 aromatic rings. The van der Waals surface area contributed by atoms with Gasteiger partial charge in [-0.25, -0.2) is 15.0 Å². The Labute approximate surface area is 173 Å². The van der Waals surface area contributed by atoms with E-state index in [1.165, 1.54) is 41.5 Å². The van der Waals surface area contributed by atoms with E-state index in [1.807, 2.05) is 0 Å². The molecular formula is C18H15N7O6. The highest BCUT2D eigenvalue weighted by molar-refractivity contribution is 5.85. The lowest BCUT2D eigenvalue weighted by molar-refractivity contribution is -0.384. The summed E-state index contributed by atoms with van der Waals surface area (Å²) < 4.78 is 12.4. The van der Waals surface area contributed by atoms with Crippen molar-refractivity contribution in [3.63, 3.8) is 0 Å². The molecule has 0 radical (unpaired) electrons. The number of aliphatic hydroxyl groups excluding tert-OH is 2. The first kappa shape index (κ1) is 19.2. The van der Waals surface area contributed by atoms with Crippen molar-refractivity contribution in [1.82, 2.24) is 29.7 Å². The summed E-state index contributed by atoms with van der Waals surface area (Å²) in [6.45, 7) is 1.66. The highest BCUT2D eigenvalue weighted by Crippen LogP contribution is 2.33. The van der Waals surface area contributed by atoms with Gasteiger partial charge in [-0.15, -0.1) is 0 Å². The third kappa shape index (κ3) is 3.11. The predicted molar refractivity (Wildman–Crippen MR) is 102 cm³/mol. The van der Waals surface area contributed by atoms with Gasteiger partial charge < -0.3 is 19.5 Å². The molecule has 0 spiro atoms. The second-order valence-corrected chi connectivity index (χ2v) is 6.99. The van der Waals surface area contributed by atoms with Gasteiger partial charge in [0.25, 0.3) is 11.6 Å². The first-order valence-electron chi connectivity index (χ1n) is 9.22. The van der Waals surface area contributed by atoms with Crippen LogP contribution in [0.4, 0.5) is 5.69 Å². The van der Waals surface area contributed by atoms with Crippen molar-refractivity contribution in [3.8, 4) is 23.0 Å². The van der Waals surface area contributed by atoms with E-state index in [-0.39, 0.29) is 17.4 Å². The molecule has 13 nitrogen and oxygen atoms in total. The van der Waals surface area contributed by atoms with Crippen LogP contribution in [0.25, 0.3) is 34.1 Å². The number of hydrogen-bond donors (Lipinski definition) is 2. The number of nitrogens with zero attached hydrogens (tertiary/aromatic N) is 7. The molecular weight excluding hydrogens is 410 g/mol. The SMILES string of the molecule is C[C@H]1O[C@@H](n2cnc3c(-c4noc(-c5ccc([N+](=O)[O-])cc5)n4)ncnc32)[C@H](O)[C@@H]1O. The number of aromatic nitrogens is 6. The topological polar surface area (TPSA) is 175 Å². The van der Waals surface area contributed by atoms with Crippen LogP contribution in [0.2, 0.25) is 0 Å². The van der Waals surface area contributed by atoms with Crippen LogP contribution in [-0.2, 0) is 4.74 Å². The molecule has 1 saturated heterocycles. The minimum Gasteiger partial charge on any atom is -0.388 e. The molecule has 0 aliphatic carbocycles. The maximum atomic E-state index is 10.8. The highest BCUT2D eigenvalue weighted by Gasteiger charge is 2.42. The van der Waals surface area contributed by atoms with E-state index < -0.39 is 29.5 Å². The Bertz CT molecular complexity index is 1270. The van der Waals surface area contributed by atoms with Crippen molar-refractivity contribution in [1.29, 1.82) is 0 Å². The van der Waals surface area contributed by atoms with Gasteiger partial charge in [-0.2, -0.15) is 4.98 Å². The number of hydrogen-bond acceptors (Lipinski definition) is 11. The number of fused-ring (bicyclic) bond motifs is 1. The average molecular weight is 425 g/mol. The van der Waals surface area contributed by atoms with Crippen LogP contribution in [0.3, 0.4) is 0 Å². The summed E-state index contributed by atoms with van der Waals surface area (Å²) in [6, 6.07) is 5.69. The summed E-state index contributed by atoms with van der Waals surface area (Å²) in [6.07, 6.45) is -0.883. The summed E-state index contributed by atoms with van der Waals surface area (Å²) in [5.74, 6) is 0.301. The van der Waals surface area contributed by atoms with Gasteiger partial charge in [-0.05, 0) is 19.1 Å². The van der Waals surface area contributed by atoms with E-state index in [0.717, 1.165) is 0 Å². The molecule has 13 heteroatoms. The normalized spacial score (nSPS) is 23.5. The van der Waals surface area contributed by atoms with E-state index in [1.54, 1.807) is 6.92 Å². The molecule has 158 valence electrons. The molecule has 1 aliphatic rings. The fourth-order valence-electron chi connectivity index (χ4n) is 3.42. The monoisotopic (exact) mass is 425 g/mol. The molecule has 4 heterocycles. The summed E-state index contributed by atoms with van der Waals surface area (Å²) >= 11 is 0. The van der Waals surface area contributed by atoms with Gasteiger partial charge >= 0.3 is 0 Å². The van der Waals surface area contributed by atoms with Crippen LogP contribution in [0.5, 0.6) is 0 Å². The first-order valence-corrected chi connectivity index (χ1v) is 9.22. The molecule has 2 N–H and O–H groups in total. The van der Waals surface area contributed by atoms with E-state index in [2.05, 4.69) is 25.1 Å². The molecule has 1 fully saturated rings. The average Bonchev–Trinajstić information content (AvgIpc) is 3.48. The van der Waals surface area contributed by atoms with Crippen molar-refractivity contribution >= 4 is 16.9 Å². The number of rotatable bonds is 4. The minimum atomic E-state index is -1.15. The van der Waals surface area contributed by atoms with Gasteiger partial charge in [0.15, 0.2) is 11.9 Å². The Balaban J connectivity index is 1.51. The van der Waals surface area contributed by atoms with Crippen molar-refractivity contribution in [2.75, 3.05) is 0 Å². The highest BCUT2D eigenvalue weighted by atomic mass is 16.6. The molecule has 0 bridgehead atoms. The largest absolute Gasteiger partial charge is 0.388 e. The molecule has 0 amide bonds. The third-order valence-electron chi connectivity index (χ3n) is 5.07. The smallest absolute Gasteiger partial charge is 0.269 e. The van der Waals surface area contributed by atoms with Gasteiger partial charge in [0.2, 0.25) is 5.82 Å². The molecule has 0 saturated carbocycles. The number of non-ortho nitro benzene ring substituents is 1. The zero-order valence-electron chi connectivity index (χ0n) is 15.9. The van der Waals surface area contributed by atoms with Crippen LogP contribution < -0.4 is 0 Å². The minimum absolute atomic E-state index is 0.0534. The molecule has 0 unspecified atom stereocenters. The predicted octanol–water partition coefficient (Wildman–Crippen LogP) is 1.09. The summed E-state index contributed by atoms with van der Waals surface area (Å²) in [7, 11) is 0. The Kier molecular flexibility index (Phi) is 4.43. The molecule has 31 heavy (non-hydrogen) atoms. The number of benzene rings is 1. The quantitative estimate of drug-likeness (QED) is 0.353. The zero-order valence-corrected chi connectivity index (χ0v) is 15.9. The van der Waals surface area contributed by atoms with E-state index >= 15 is 0 Å². The van der Waals surface area contributed by atoms with E-state index in [4.69, 9.17) is 9.26 Å². The van der Waals surface area contributed by atoms with Crippen molar-refractivity contribution in [2.45, 2.75) is 31.5 Å². The lowest BCUT2D eigenvalue weighted by Gasteiger charge is -2.16. The summed E-state index contributed by atoms with van der Waals surface area (Å²) in [5, 5.41) is 35.0. The zero-order chi connectivity index (χ0) is 21.7. The first-order chi connectivity index (χ1) is 14.9. The second-order valence-electron chi connectivity index (χ2n) is 6.99. The Hall–Kier alpha value is -3.81. The molecule has 1 aromatic carbocycles. The Morgan fingerprint density at radius 1 is 1.13 bits per heavy atom. The maximum absolute atomic E-state index is 10.8. The van der Waals surface area contributed by atoms with Crippen LogP contribution in [-0.4, -0.2) is 63.1 Å². The molecule has 4 atom stereocenters. The van der Waals surface area contributed by atoms with Crippen LogP contribution in [0.1, 0.15) is 13.2 Å². The number of ether oxygens (including phenoxy) is 1. The number of nitro groups is 1. The van der Waals surface area contributed by atoms with Crippen molar-refractivity contribution < 1.29 is 24.4 Å². The molecule has 5 rings (SSSR count). The lowest BCUT2D eigenvalue weighted by atomic mass is 10.1. The Morgan fingerprint density at radius 2 is 1.90 bits per heavy atom. The van der Waals surface area contributed by atoms with E-state index in [9.17, 15) is 20.3 Å². The van der Waals surface area contributed by atoms with Crippen molar-refractivity contribution in [2.24, 2.45) is 0 Å². The van der Waals surface area contributed by atoms with Gasteiger partial charge in [0.1, 0.15) is 29.7 Å². The fourth-order valence-corrected chi connectivity index (χ4v) is 3.42. The summed E-state index contributed by atoms with van der Waals surface area (Å²) in [4.78, 5) is 27.3. The van der Waals surface area contributed by atoms with Crippen LogP contribution in [0, 0.1) is 10.1 Å². The molecule has 1 aliphatic heterocycles. The van der Waals surface area contributed by atoms with E-state index in [0.29, 0.717) is 22.4 Å². The standard InChI is InChI=1S/C18H15N7O6/c1-8-13(26)14(27)18(30-8)24-7-21-12-11(19-6-20-16(12)24)15-22-17(31-23-15)9-2-4-10(5-3-9)25(28)29/h2-8,13-14,18,26-27H,1H3/t8-,13-,14-,18-/m1/s1. The maximum Gasteiger partial charge on any atom is 0.269 e. The fraction of sp³-hybridized carbons (Fsp3) is 0.278. The lowest BCUT2D eigenvalue weighted by Crippen LogP contribution is -2.30. The van der Waals surface area contributed by atoms with Gasteiger partial charge in [-0.1, -0.05) is 5.16 Å². The van der Waals surface area contributed by atoms with Gasteiger partial charge in [0.05, 0.1) is 17.4 Å². The summed E-state index contributed by atoms with van der Waals surface area (Å²) in [5.41, 5.74) is 1.45. The molecule has 3 aromatic heterocycles.